The van der Waals surface area contributed by atoms with Crippen LogP contribution in [0.4, 0.5) is 0 Å². The molecule has 0 radical (unpaired) electrons. The molecule has 1 aliphatic rings. The van der Waals surface area contributed by atoms with E-state index < -0.39 is 0 Å². The molecule has 2 rings (SSSR count). The minimum Gasteiger partial charge on any atom is -0.469 e. The maximum absolute atomic E-state index is 12.8. The fraction of sp³-hybridized carbons (Fsp3) is 0.526. The first kappa shape index (κ1) is 21.5. The molecule has 2 amide bonds. The van der Waals surface area contributed by atoms with Gasteiger partial charge in [-0.15, -0.1) is 0 Å². The van der Waals surface area contributed by atoms with Crippen molar-refractivity contribution in [2.24, 2.45) is 5.92 Å². The van der Waals surface area contributed by atoms with Gasteiger partial charge in [-0.05, 0) is 38.0 Å². The number of halogens is 2. The molecule has 1 aromatic rings. The zero-order chi connectivity index (χ0) is 20.0. The second kappa shape index (κ2) is 9.95. The van der Waals surface area contributed by atoms with E-state index in [1.54, 1.807) is 28.0 Å². The van der Waals surface area contributed by atoms with Crippen LogP contribution in [0.5, 0.6) is 0 Å². The number of methoxy groups -OCH3 is 1. The van der Waals surface area contributed by atoms with Gasteiger partial charge in [-0.1, -0.05) is 23.2 Å². The monoisotopic (exact) mass is 414 g/mol. The average molecular weight is 415 g/mol. The maximum Gasteiger partial charge on any atom is 0.307 e. The Labute approximate surface area is 169 Å². The third-order valence-corrected chi connectivity index (χ3v) is 5.47. The van der Waals surface area contributed by atoms with Gasteiger partial charge >= 0.3 is 5.97 Å². The lowest BCUT2D eigenvalue weighted by Gasteiger charge is -2.34. The summed E-state index contributed by atoms with van der Waals surface area (Å²) in [5, 5.41) is 0.719. The van der Waals surface area contributed by atoms with Crippen molar-refractivity contribution in [2.45, 2.75) is 26.2 Å². The highest BCUT2D eigenvalue weighted by atomic mass is 35.5. The quantitative estimate of drug-likeness (QED) is 0.669. The molecule has 0 spiro atoms. The van der Waals surface area contributed by atoms with E-state index in [0.29, 0.717) is 41.8 Å². The second-order valence-corrected chi connectivity index (χ2v) is 7.28. The van der Waals surface area contributed by atoms with Crippen LogP contribution in [-0.4, -0.2) is 60.9 Å². The lowest BCUT2D eigenvalue weighted by atomic mass is 9.95. The predicted molar refractivity (Wildman–Crippen MR) is 104 cm³/mol. The summed E-state index contributed by atoms with van der Waals surface area (Å²) < 4.78 is 4.64. The molecule has 1 fully saturated rings. The number of rotatable bonds is 6. The molecule has 27 heavy (non-hydrogen) atoms. The molecule has 0 aliphatic carbocycles. The number of esters is 1. The molecular formula is C19H24Cl2N2O4. The van der Waals surface area contributed by atoms with Gasteiger partial charge in [-0.3, -0.25) is 14.4 Å². The Bertz CT molecular complexity index is 711. The SMILES string of the molecule is CCN(CCC(=O)OC)C(=O)C1CCCN(C(=O)c2ccc(Cl)c(Cl)c2)C1. The summed E-state index contributed by atoms with van der Waals surface area (Å²) >= 11 is 11.9. The van der Waals surface area contributed by atoms with E-state index in [-0.39, 0.29) is 30.1 Å². The number of ether oxygens (including phenoxy) is 1. The van der Waals surface area contributed by atoms with Gasteiger partial charge in [0.05, 0.1) is 29.5 Å². The second-order valence-electron chi connectivity index (χ2n) is 6.46. The van der Waals surface area contributed by atoms with Crippen molar-refractivity contribution in [3.8, 4) is 0 Å². The molecule has 0 aromatic heterocycles. The van der Waals surface area contributed by atoms with E-state index in [4.69, 9.17) is 23.2 Å². The number of carbonyl (C=O) groups excluding carboxylic acids is 3. The lowest BCUT2D eigenvalue weighted by Crippen LogP contribution is -2.47. The van der Waals surface area contributed by atoms with Gasteiger partial charge in [0.2, 0.25) is 5.91 Å². The molecule has 1 aliphatic heterocycles. The summed E-state index contributed by atoms with van der Waals surface area (Å²) in [5.74, 6) is -0.818. The van der Waals surface area contributed by atoms with Crippen LogP contribution >= 0.6 is 23.2 Å². The molecule has 0 bridgehead atoms. The molecular weight excluding hydrogens is 391 g/mol. The summed E-state index contributed by atoms with van der Waals surface area (Å²) in [4.78, 5) is 40.3. The van der Waals surface area contributed by atoms with Crippen molar-refractivity contribution in [2.75, 3.05) is 33.3 Å². The zero-order valence-corrected chi connectivity index (χ0v) is 17.1. The number of amides is 2. The van der Waals surface area contributed by atoms with E-state index in [2.05, 4.69) is 4.74 Å². The van der Waals surface area contributed by atoms with Crippen molar-refractivity contribution < 1.29 is 19.1 Å². The Morgan fingerprint density at radius 3 is 2.63 bits per heavy atom. The van der Waals surface area contributed by atoms with Crippen molar-refractivity contribution in [3.63, 3.8) is 0 Å². The van der Waals surface area contributed by atoms with Crippen LogP contribution < -0.4 is 0 Å². The number of benzene rings is 1. The number of hydrogen-bond acceptors (Lipinski definition) is 4. The summed E-state index contributed by atoms with van der Waals surface area (Å²) in [5.41, 5.74) is 0.454. The number of hydrogen-bond donors (Lipinski definition) is 0. The summed E-state index contributed by atoms with van der Waals surface area (Å²) in [7, 11) is 1.33. The standard InChI is InChI=1S/C19H24Cl2N2O4/c1-3-22(10-8-17(24)27-2)19(26)14-5-4-9-23(12-14)18(25)13-6-7-15(20)16(21)11-13/h6-7,11,14H,3-5,8-10,12H2,1-2H3. The molecule has 0 saturated carbocycles. The van der Waals surface area contributed by atoms with E-state index in [1.807, 2.05) is 6.92 Å². The van der Waals surface area contributed by atoms with E-state index in [1.165, 1.54) is 7.11 Å². The normalized spacial score (nSPS) is 16.7. The average Bonchev–Trinajstić information content (AvgIpc) is 2.69. The van der Waals surface area contributed by atoms with Crippen LogP contribution in [0.1, 0.15) is 36.5 Å². The number of carbonyl (C=O) groups is 3. The van der Waals surface area contributed by atoms with Crippen LogP contribution in [0, 0.1) is 5.92 Å². The first-order valence-electron chi connectivity index (χ1n) is 8.97. The van der Waals surface area contributed by atoms with Gasteiger partial charge in [0.1, 0.15) is 0 Å². The minimum atomic E-state index is -0.346. The molecule has 8 heteroatoms. The maximum atomic E-state index is 12.8. The number of nitrogens with zero attached hydrogens (tertiary/aromatic N) is 2. The Hall–Kier alpha value is -1.79. The van der Waals surface area contributed by atoms with Gasteiger partial charge < -0.3 is 14.5 Å². The van der Waals surface area contributed by atoms with Gasteiger partial charge in [0, 0.05) is 31.7 Å². The zero-order valence-electron chi connectivity index (χ0n) is 15.5. The summed E-state index contributed by atoms with van der Waals surface area (Å²) in [6.07, 6.45) is 1.63. The van der Waals surface area contributed by atoms with E-state index in [9.17, 15) is 14.4 Å². The molecule has 1 aromatic carbocycles. The molecule has 1 atom stereocenters. The third kappa shape index (κ3) is 5.59. The molecule has 1 heterocycles. The predicted octanol–water partition coefficient (Wildman–Crippen LogP) is 3.26. The van der Waals surface area contributed by atoms with Gasteiger partial charge in [0.25, 0.3) is 5.91 Å². The molecule has 6 nitrogen and oxygen atoms in total. The Morgan fingerprint density at radius 1 is 1.26 bits per heavy atom. The van der Waals surface area contributed by atoms with E-state index in [0.717, 1.165) is 12.8 Å². The molecule has 1 unspecified atom stereocenters. The Kier molecular flexibility index (Phi) is 7.92. The van der Waals surface area contributed by atoms with Gasteiger partial charge in [0.15, 0.2) is 0 Å². The van der Waals surface area contributed by atoms with Crippen molar-refractivity contribution in [3.05, 3.63) is 33.8 Å². The number of likely N-dealkylation sites (tertiary alicyclic amines) is 1. The van der Waals surface area contributed by atoms with Crippen LogP contribution in [0.25, 0.3) is 0 Å². The van der Waals surface area contributed by atoms with Crippen molar-refractivity contribution in [1.82, 2.24) is 9.80 Å². The van der Waals surface area contributed by atoms with Crippen LogP contribution in [-0.2, 0) is 14.3 Å². The molecule has 0 N–H and O–H groups in total. The van der Waals surface area contributed by atoms with Crippen molar-refractivity contribution in [1.29, 1.82) is 0 Å². The highest BCUT2D eigenvalue weighted by Crippen LogP contribution is 2.25. The largest absolute Gasteiger partial charge is 0.469 e. The first-order chi connectivity index (χ1) is 12.9. The fourth-order valence-electron chi connectivity index (χ4n) is 3.19. The first-order valence-corrected chi connectivity index (χ1v) is 9.72. The summed E-state index contributed by atoms with van der Waals surface area (Å²) in [6, 6.07) is 4.78. The minimum absolute atomic E-state index is 0.0342. The van der Waals surface area contributed by atoms with Gasteiger partial charge in [-0.25, -0.2) is 0 Å². The highest BCUT2D eigenvalue weighted by Gasteiger charge is 2.31. The van der Waals surface area contributed by atoms with E-state index >= 15 is 0 Å². The summed E-state index contributed by atoms with van der Waals surface area (Å²) in [6.45, 7) is 3.65. The molecule has 1 saturated heterocycles. The topological polar surface area (TPSA) is 66.9 Å². The fourth-order valence-corrected chi connectivity index (χ4v) is 3.48. The Balaban J connectivity index is 2.03. The van der Waals surface area contributed by atoms with Gasteiger partial charge in [-0.2, -0.15) is 0 Å². The highest BCUT2D eigenvalue weighted by molar-refractivity contribution is 6.42. The lowest BCUT2D eigenvalue weighted by molar-refractivity contribution is -0.142. The smallest absolute Gasteiger partial charge is 0.307 e. The van der Waals surface area contributed by atoms with Crippen LogP contribution in [0.3, 0.4) is 0 Å². The van der Waals surface area contributed by atoms with Crippen LogP contribution in [0.2, 0.25) is 10.0 Å². The third-order valence-electron chi connectivity index (χ3n) is 4.73. The van der Waals surface area contributed by atoms with Crippen molar-refractivity contribution >= 4 is 41.0 Å². The number of piperidine rings is 1. The molecule has 148 valence electrons. The Morgan fingerprint density at radius 2 is 2.00 bits per heavy atom. The van der Waals surface area contributed by atoms with Crippen LogP contribution in [0.15, 0.2) is 18.2 Å².